The summed E-state index contributed by atoms with van der Waals surface area (Å²) in [4.78, 5) is 17.7. The molecule has 1 N–H and O–H groups in total. The first-order chi connectivity index (χ1) is 7.24. The molecule has 1 heterocycles. The van der Waals surface area contributed by atoms with Crippen LogP contribution >= 0.6 is 11.8 Å². The van der Waals surface area contributed by atoms with Gasteiger partial charge in [-0.25, -0.2) is 4.98 Å². The van der Waals surface area contributed by atoms with E-state index in [1.54, 1.807) is 0 Å². The Balaban J connectivity index is 1.94. The van der Waals surface area contributed by atoms with Crippen LogP contribution in [0.1, 0.15) is 19.3 Å². The lowest BCUT2D eigenvalue weighted by Gasteiger charge is -2.08. The highest BCUT2D eigenvalue weighted by atomic mass is 32.2. The second-order valence-corrected chi connectivity index (χ2v) is 4.83. The van der Waals surface area contributed by atoms with Crippen molar-refractivity contribution in [2.45, 2.75) is 24.4 Å². The summed E-state index contributed by atoms with van der Waals surface area (Å²) in [6.45, 7) is 0. The van der Waals surface area contributed by atoms with Crippen LogP contribution in [0.3, 0.4) is 0 Å². The number of thioether (sulfide) groups is 1. The molecule has 2 rings (SSSR count). The number of rotatable bonds is 4. The molecule has 0 unspecified atom stereocenters. The lowest BCUT2D eigenvalue weighted by molar-refractivity contribution is 0.603. The third-order valence-corrected chi connectivity index (χ3v) is 3.81. The van der Waals surface area contributed by atoms with E-state index in [0.29, 0.717) is 11.6 Å². The van der Waals surface area contributed by atoms with Crippen molar-refractivity contribution in [1.29, 1.82) is 5.26 Å². The predicted octanol–water partition coefficient (Wildman–Crippen LogP) is 1.56. The quantitative estimate of drug-likeness (QED) is 0.618. The van der Waals surface area contributed by atoms with Crippen molar-refractivity contribution in [2.24, 2.45) is 5.41 Å². The summed E-state index contributed by atoms with van der Waals surface area (Å²) in [6.07, 6.45) is 4.34. The van der Waals surface area contributed by atoms with Gasteiger partial charge < -0.3 is 4.98 Å². The molecule has 4 nitrogen and oxygen atoms in total. The summed E-state index contributed by atoms with van der Waals surface area (Å²) in [5.41, 5.74) is 0.0611. The summed E-state index contributed by atoms with van der Waals surface area (Å²) in [5.74, 6) is 0.869. The molecule has 0 saturated heterocycles. The van der Waals surface area contributed by atoms with Gasteiger partial charge in [0.05, 0.1) is 6.07 Å². The first-order valence-electron chi connectivity index (χ1n) is 4.79. The lowest BCUT2D eigenvalue weighted by atomic mass is 10.1. The van der Waals surface area contributed by atoms with Gasteiger partial charge in [0.25, 0.3) is 5.56 Å². The molecule has 1 saturated carbocycles. The van der Waals surface area contributed by atoms with Crippen molar-refractivity contribution in [2.75, 3.05) is 5.75 Å². The molecule has 78 valence electrons. The SMILES string of the molecule is N#CCC1(CSc2nccc(=O)[nH]2)CC1. The Labute approximate surface area is 91.7 Å². The van der Waals surface area contributed by atoms with E-state index in [1.807, 2.05) is 0 Å². The van der Waals surface area contributed by atoms with Crippen molar-refractivity contribution in [3.8, 4) is 6.07 Å². The highest BCUT2D eigenvalue weighted by Crippen LogP contribution is 2.51. The van der Waals surface area contributed by atoms with Gasteiger partial charge in [-0.05, 0) is 18.3 Å². The minimum atomic E-state index is -0.127. The Morgan fingerprint density at radius 2 is 2.47 bits per heavy atom. The van der Waals surface area contributed by atoms with E-state index in [2.05, 4.69) is 16.0 Å². The van der Waals surface area contributed by atoms with Gasteiger partial charge in [0, 0.05) is 24.4 Å². The van der Waals surface area contributed by atoms with Crippen molar-refractivity contribution >= 4 is 11.8 Å². The monoisotopic (exact) mass is 221 g/mol. The van der Waals surface area contributed by atoms with Crippen LogP contribution in [0.15, 0.2) is 22.2 Å². The zero-order valence-electron chi connectivity index (χ0n) is 8.19. The molecular weight excluding hydrogens is 210 g/mol. The number of nitrogens with one attached hydrogen (secondary N) is 1. The normalized spacial score (nSPS) is 17.0. The Morgan fingerprint density at radius 3 is 3.07 bits per heavy atom. The third-order valence-electron chi connectivity index (χ3n) is 2.57. The molecule has 5 heteroatoms. The first kappa shape index (κ1) is 10.2. The summed E-state index contributed by atoms with van der Waals surface area (Å²) < 4.78 is 0. The summed E-state index contributed by atoms with van der Waals surface area (Å²) >= 11 is 1.53. The van der Waals surface area contributed by atoms with Crippen molar-refractivity contribution in [3.05, 3.63) is 22.6 Å². The molecule has 1 fully saturated rings. The molecule has 1 aromatic heterocycles. The minimum Gasteiger partial charge on any atom is -0.301 e. The summed E-state index contributed by atoms with van der Waals surface area (Å²) in [6, 6.07) is 3.61. The van der Waals surface area contributed by atoms with E-state index in [-0.39, 0.29) is 11.0 Å². The fourth-order valence-electron chi connectivity index (χ4n) is 1.36. The number of nitrogens with zero attached hydrogens (tertiary/aromatic N) is 2. The van der Waals surface area contributed by atoms with Crippen LogP contribution in [-0.2, 0) is 0 Å². The molecule has 1 aliphatic carbocycles. The Kier molecular flexibility index (Phi) is 2.78. The van der Waals surface area contributed by atoms with Crippen molar-refractivity contribution in [3.63, 3.8) is 0 Å². The molecule has 1 aliphatic rings. The van der Waals surface area contributed by atoms with Gasteiger partial charge in [0.15, 0.2) is 5.16 Å². The van der Waals surface area contributed by atoms with Gasteiger partial charge in [-0.15, -0.1) is 0 Å². The predicted molar refractivity (Wildman–Crippen MR) is 57.5 cm³/mol. The van der Waals surface area contributed by atoms with Gasteiger partial charge in [0.2, 0.25) is 0 Å². The standard InChI is InChI=1S/C10H11N3OS/c11-5-4-10(2-3-10)7-15-9-12-6-1-8(14)13-9/h1,6H,2-4,7H2,(H,12,13,14). The fourth-order valence-corrected chi connectivity index (χ4v) is 2.51. The van der Waals surface area contributed by atoms with Crippen LogP contribution in [0.5, 0.6) is 0 Å². The largest absolute Gasteiger partial charge is 0.301 e. The van der Waals surface area contributed by atoms with Crippen LogP contribution in [-0.4, -0.2) is 15.7 Å². The average molecular weight is 221 g/mol. The lowest BCUT2D eigenvalue weighted by Crippen LogP contribution is -2.08. The van der Waals surface area contributed by atoms with Crippen LogP contribution in [0.25, 0.3) is 0 Å². The maximum absolute atomic E-state index is 11.0. The fraction of sp³-hybridized carbons (Fsp3) is 0.500. The smallest absolute Gasteiger partial charge is 0.251 e. The summed E-state index contributed by atoms with van der Waals surface area (Å²) in [7, 11) is 0. The van der Waals surface area contributed by atoms with E-state index in [9.17, 15) is 4.79 Å². The first-order valence-corrected chi connectivity index (χ1v) is 5.78. The maximum Gasteiger partial charge on any atom is 0.251 e. The van der Waals surface area contributed by atoms with Gasteiger partial charge in [0.1, 0.15) is 0 Å². The Morgan fingerprint density at radius 1 is 1.67 bits per heavy atom. The molecule has 0 amide bonds. The molecule has 1 aromatic rings. The van der Waals surface area contributed by atoms with Crippen LogP contribution in [0, 0.1) is 16.7 Å². The molecule has 0 spiro atoms. The molecule has 0 radical (unpaired) electrons. The van der Waals surface area contributed by atoms with Gasteiger partial charge in [-0.2, -0.15) is 5.26 Å². The highest BCUT2D eigenvalue weighted by molar-refractivity contribution is 7.99. The van der Waals surface area contributed by atoms with Gasteiger partial charge in [-0.3, -0.25) is 4.79 Å². The molecule has 0 bridgehead atoms. The summed E-state index contributed by atoms with van der Waals surface area (Å²) in [5, 5.41) is 9.30. The van der Waals surface area contributed by atoms with E-state index >= 15 is 0 Å². The number of aromatic amines is 1. The molecule has 0 aliphatic heterocycles. The number of hydrogen-bond donors (Lipinski definition) is 1. The molecule has 0 atom stereocenters. The third kappa shape index (κ3) is 2.60. The Hall–Kier alpha value is -1.28. The van der Waals surface area contributed by atoms with Crippen molar-refractivity contribution in [1.82, 2.24) is 9.97 Å². The van der Waals surface area contributed by atoms with E-state index in [0.717, 1.165) is 18.6 Å². The Bertz CT molecular complexity index is 444. The van der Waals surface area contributed by atoms with Crippen LogP contribution in [0.2, 0.25) is 0 Å². The van der Waals surface area contributed by atoms with E-state index in [4.69, 9.17) is 5.26 Å². The van der Waals surface area contributed by atoms with E-state index in [1.165, 1.54) is 24.0 Å². The van der Waals surface area contributed by atoms with Crippen molar-refractivity contribution < 1.29 is 0 Å². The zero-order chi connectivity index (χ0) is 10.7. The number of aromatic nitrogens is 2. The maximum atomic E-state index is 11.0. The van der Waals surface area contributed by atoms with Gasteiger partial charge >= 0.3 is 0 Å². The average Bonchev–Trinajstić information content (AvgIpc) is 2.97. The second-order valence-electron chi connectivity index (χ2n) is 3.86. The zero-order valence-corrected chi connectivity index (χ0v) is 9.01. The van der Waals surface area contributed by atoms with E-state index < -0.39 is 0 Å². The van der Waals surface area contributed by atoms with Crippen LogP contribution < -0.4 is 5.56 Å². The van der Waals surface area contributed by atoms with Gasteiger partial charge in [-0.1, -0.05) is 11.8 Å². The molecular formula is C10H11N3OS. The second kappa shape index (κ2) is 4.07. The molecule has 0 aromatic carbocycles. The topological polar surface area (TPSA) is 69.5 Å². The molecule has 15 heavy (non-hydrogen) atoms. The minimum absolute atomic E-state index is 0.127. The number of nitriles is 1. The number of hydrogen-bond acceptors (Lipinski definition) is 4. The van der Waals surface area contributed by atoms with Crippen LogP contribution in [0.4, 0.5) is 0 Å². The highest BCUT2D eigenvalue weighted by Gasteiger charge is 2.42. The number of H-pyrrole nitrogens is 1.